The van der Waals surface area contributed by atoms with Gasteiger partial charge in [-0.25, -0.2) is 4.98 Å². The largest absolute Gasteiger partial charge is 0.309 e. The van der Waals surface area contributed by atoms with Crippen molar-refractivity contribution in [1.29, 1.82) is 0 Å². The highest BCUT2D eigenvalue weighted by molar-refractivity contribution is 7.14. The van der Waals surface area contributed by atoms with Gasteiger partial charge in [-0.05, 0) is 6.92 Å². The summed E-state index contributed by atoms with van der Waals surface area (Å²) in [4.78, 5) is 16.6. The number of amides is 1. The topological polar surface area (TPSA) is 59.3 Å². The highest BCUT2D eigenvalue weighted by Crippen LogP contribution is 2.29. The van der Waals surface area contributed by atoms with E-state index in [0.717, 1.165) is 16.2 Å². The van der Waals surface area contributed by atoms with Gasteiger partial charge in [0, 0.05) is 12.5 Å². The Morgan fingerprint density at radius 3 is 2.74 bits per heavy atom. The molecule has 0 fully saturated rings. The lowest BCUT2D eigenvalue weighted by Crippen LogP contribution is -2.09. The second-order valence-corrected chi connectivity index (χ2v) is 5.10. The Balaban J connectivity index is 2.18. The van der Waals surface area contributed by atoms with Gasteiger partial charge in [0.2, 0.25) is 10.9 Å². The Labute approximate surface area is 113 Å². The average molecular weight is 272 g/mol. The first-order chi connectivity index (χ1) is 9.15. The first-order valence-corrected chi connectivity index (χ1v) is 6.70. The van der Waals surface area contributed by atoms with Crippen molar-refractivity contribution >= 4 is 28.0 Å². The average Bonchev–Trinajstić information content (AvgIpc) is 2.93. The molecule has 3 rings (SSSR count). The number of aromatic nitrogens is 3. The summed E-state index contributed by atoms with van der Waals surface area (Å²) >= 11 is 1.44. The second-order valence-electron chi connectivity index (χ2n) is 4.29. The Kier molecular flexibility index (Phi) is 2.79. The minimum absolute atomic E-state index is 0.136. The van der Waals surface area contributed by atoms with E-state index in [1.54, 1.807) is 10.0 Å². The number of nitrogens with one attached hydrogen (secondary N) is 1. The molecule has 1 aromatic carbocycles. The SMILES string of the molecule is CC(=O)Nc1c(-c2ccc(C)cc2)nc2scnn12. The summed E-state index contributed by atoms with van der Waals surface area (Å²) in [5.74, 6) is 0.482. The maximum Gasteiger partial charge on any atom is 0.222 e. The lowest BCUT2D eigenvalue weighted by Gasteiger charge is -2.04. The molecular formula is C13H12N4OS. The first-order valence-electron chi connectivity index (χ1n) is 5.82. The number of hydrogen-bond acceptors (Lipinski definition) is 4. The van der Waals surface area contributed by atoms with Crippen molar-refractivity contribution < 1.29 is 4.79 Å². The fourth-order valence-corrected chi connectivity index (χ4v) is 2.50. The van der Waals surface area contributed by atoms with E-state index in [2.05, 4.69) is 15.4 Å². The van der Waals surface area contributed by atoms with Crippen LogP contribution in [0.4, 0.5) is 5.82 Å². The molecule has 1 amide bonds. The molecule has 0 atom stereocenters. The standard InChI is InChI=1S/C13H12N4OS/c1-8-3-5-10(6-4-8)11-12(15-9(2)18)17-13(16-11)19-7-14-17/h3-7H,1-2H3,(H,15,18). The second kappa shape index (κ2) is 4.47. The van der Waals surface area contributed by atoms with Gasteiger partial charge in [-0.1, -0.05) is 41.2 Å². The van der Waals surface area contributed by atoms with Crippen molar-refractivity contribution in [2.45, 2.75) is 13.8 Å². The van der Waals surface area contributed by atoms with E-state index >= 15 is 0 Å². The predicted molar refractivity (Wildman–Crippen MR) is 75.3 cm³/mol. The third-order valence-electron chi connectivity index (χ3n) is 2.76. The Morgan fingerprint density at radius 2 is 2.05 bits per heavy atom. The molecule has 96 valence electrons. The Morgan fingerprint density at radius 1 is 1.32 bits per heavy atom. The number of hydrogen-bond donors (Lipinski definition) is 1. The highest BCUT2D eigenvalue weighted by atomic mass is 32.1. The number of benzene rings is 1. The van der Waals surface area contributed by atoms with Crippen LogP contribution in [0.5, 0.6) is 0 Å². The third-order valence-corrected chi connectivity index (χ3v) is 3.44. The van der Waals surface area contributed by atoms with Crippen molar-refractivity contribution in [1.82, 2.24) is 14.6 Å². The molecule has 3 aromatic rings. The number of nitrogens with zero attached hydrogens (tertiary/aromatic N) is 3. The molecule has 0 aliphatic carbocycles. The van der Waals surface area contributed by atoms with Crippen molar-refractivity contribution in [3.8, 4) is 11.3 Å². The van der Waals surface area contributed by atoms with Crippen LogP contribution < -0.4 is 5.32 Å². The molecule has 19 heavy (non-hydrogen) atoms. The molecule has 1 N–H and O–H groups in total. The van der Waals surface area contributed by atoms with Crippen LogP contribution in [0.2, 0.25) is 0 Å². The van der Waals surface area contributed by atoms with E-state index in [4.69, 9.17) is 0 Å². The van der Waals surface area contributed by atoms with Crippen LogP contribution in [0.3, 0.4) is 0 Å². The minimum Gasteiger partial charge on any atom is -0.309 e. The van der Waals surface area contributed by atoms with E-state index in [-0.39, 0.29) is 5.91 Å². The number of carbonyl (C=O) groups excluding carboxylic acids is 1. The molecule has 5 nitrogen and oxygen atoms in total. The van der Waals surface area contributed by atoms with Crippen molar-refractivity contribution in [2.24, 2.45) is 0 Å². The molecule has 0 aliphatic heterocycles. The summed E-state index contributed by atoms with van der Waals surface area (Å²) in [6, 6.07) is 8.03. The summed E-state index contributed by atoms with van der Waals surface area (Å²) in [7, 11) is 0. The van der Waals surface area contributed by atoms with E-state index in [1.165, 1.54) is 23.8 Å². The van der Waals surface area contributed by atoms with Gasteiger partial charge < -0.3 is 5.32 Å². The molecule has 0 unspecified atom stereocenters. The number of imidazole rings is 1. The van der Waals surface area contributed by atoms with E-state index in [1.807, 2.05) is 31.2 Å². The predicted octanol–water partition coefficient (Wildman–Crippen LogP) is 2.72. The van der Waals surface area contributed by atoms with Crippen LogP contribution in [0.25, 0.3) is 16.2 Å². The van der Waals surface area contributed by atoms with Crippen LogP contribution in [-0.4, -0.2) is 20.5 Å². The fourth-order valence-electron chi connectivity index (χ4n) is 1.88. The van der Waals surface area contributed by atoms with E-state index in [0.29, 0.717) is 5.82 Å². The van der Waals surface area contributed by atoms with E-state index < -0.39 is 0 Å². The molecule has 0 radical (unpaired) electrons. The van der Waals surface area contributed by atoms with Crippen LogP contribution >= 0.6 is 11.3 Å². The van der Waals surface area contributed by atoms with Crippen molar-refractivity contribution in [2.75, 3.05) is 5.32 Å². The normalized spacial score (nSPS) is 10.8. The van der Waals surface area contributed by atoms with Gasteiger partial charge in [0.05, 0.1) is 0 Å². The lowest BCUT2D eigenvalue weighted by molar-refractivity contribution is -0.114. The number of anilines is 1. The van der Waals surface area contributed by atoms with Gasteiger partial charge in [-0.15, -0.1) is 0 Å². The lowest BCUT2D eigenvalue weighted by atomic mass is 10.1. The number of fused-ring (bicyclic) bond motifs is 1. The fraction of sp³-hybridized carbons (Fsp3) is 0.154. The molecule has 0 spiro atoms. The number of aryl methyl sites for hydroxylation is 1. The smallest absolute Gasteiger partial charge is 0.222 e. The molecule has 0 saturated heterocycles. The first kappa shape index (κ1) is 11.9. The summed E-state index contributed by atoms with van der Waals surface area (Å²) in [5.41, 5.74) is 4.60. The van der Waals surface area contributed by atoms with Crippen LogP contribution in [-0.2, 0) is 4.79 Å². The Bertz CT molecular complexity index is 742. The minimum atomic E-state index is -0.136. The molecular weight excluding hydrogens is 260 g/mol. The number of rotatable bonds is 2. The van der Waals surface area contributed by atoms with Crippen molar-refractivity contribution in [3.63, 3.8) is 0 Å². The maximum absolute atomic E-state index is 11.3. The molecule has 0 aliphatic rings. The van der Waals surface area contributed by atoms with E-state index in [9.17, 15) is 4.79 Å². The van der Waals surface area contributed by atoms with Crippen LogP contribution in [0.1, 0.15) is 12.5 Å². The molecule has 0 saturated carbocycles. The van der Waals surface area contributed by atoms with Gasteiger partial charge in [-0.2, -0.15) is 9.61 Å². The summed E-state index contributed by atoms with van der Waals surface area (Å²) in [6.45, 7) is 3.51. The molecule has 2 aromatic heterocycles. The molecule has 6 heteroatoms. The third kappa shape index (κ3) is 2.10. The summed E-state index contributed by atoms with van der Waals surface area (Å²) in [6.07, 6.45) is 0. The Hall–Kier alpha value is -2.21. The quantitative estimate of drug-likeness (QED) is 0.780. The van der Waals surface area contributed by atoms with Crippen LogP contribution in [0, 0.1) is 6.92 Å². The zero-order valence-corrected chi connectivity index (χ0v) is 11.4. The molecule has 2 heterocycles. The monoisotopic (exact) mass is 272 g/mol. The zero-order chi connectivity index (χ0) is 13.4. The summed E-state index contributed by atoms with van der Waals surface area (Å²) in [5, 5.41) is 6.99. The van der Waals surface area contributed by atoms with Crippen LogP contribution in [0.15, 0.2) is 29.8 Å². The summed E-state index contributed by atoms with van der Waals surface area (Å²) < 4.78 is 1.65. The van der Waals surface area contributed by atoms with Gasteiger partial charge in [0.1, 0.15) is 11.2 Å². The zero-order valence-electron chi connectivity index (χ0n) is 10.5. The maximum atomic E-state index is 11.3. The molecule has 0 bridgehead atoms. The van der Waals surface area contributed by atoms with Gasteiger partial charge in [0.25, 0.3) is 0 Å². The van der Waals surface area contributed by atoms with Gasteiger partial charge in [-0.3, -0.25) is 4.79 Å². The van der Waals surface area contributed by atoms with Crippen molar-refractivity contribution in [3.05, 3.63) is 35.3 Å². The number of carbonyl (C=O) groups is 1. The highest BCUT2D eigenvalue weighted by Gasteiger charge is 2.16. The van der Waals surface area contributed by atoms with Gasteiger partial charge in [0.15, 0.2) is 5.82 Å². The van der Waals surface area contributed by atoms with Gasteiger partial charge >= 0.3 is 0 Å².